The molecule has 0 aliphatic heterocycles. The highest BCUT2D eigenvalue weighted by atomic mass is 79.9. The standard InChI is InChI=1S/C24H24BrN3O3/c1-3-14-31-22-13-12-17-8-4-5-9-18(17)19(22)15-26-28-24(30)16(2)23(29)27-21-11-7-6-10-20(21)25/h4-13,15-16H,3,14H2,1-2H3,(H,27,29)(H,28,30). The second-order valence-electron chi connectivity index (χ2n) is 6.97. The molecule has 31 heavy (non-hydrogen) atoms. The molecule has 1 unspecified atom stereocenters. The van der Waals surface area contributed by atoms with Gasteiger partial charge < -0.3 is 10.1 Å². The van der Waals surface area contributed by atoms with E-state index in [9.17, 15) is 9.59 Å². The molecular weight excluding hydrogens is 458 g/mol. The summed E-state index contributed by atoms with van der Waals surface area (Å²) in [5.74, 6) is -1.15. The summed E-state index contributed by atoms with van der Waals surface area (Å²) in [5.41, 5.74) is 3.84. The van der Waals surface area contributed by atoms with Crippen molar-refractivity contribution in [2.24, 2.45) is 11.0 Å². The molecule has 2 N–H and O–H groups in total. The molecule has 0 heterocycles. The predicted octanol–water partition coefficient (Wildman–Crippen LogP) is 5.12. The van der Waals surface area contributed by atoms with E-state index in [1.54, 1.807) is 18.3 Å². The van der Waals surface area contributed by atoms with Crippen LogP contribution >= 0.6 is 15.9 Å². The zero-order chi connectivity index (χ0) is 22.2. The molecule has 1 atom stereocenters. The highest BCUT2D eigenvalue weighted by Gasteiger charge is 2.21. The van der Waals surface area contributed by atoms with Crippen molar-refractivity contribution in [2.45, 2.75) is 20.3 Å². The smallest absolute Gasteiger partial charge is 0.252 e. The first-order chi connectivity index (χ1) is 15.0. The number of hydrazone groups is 1. The van der Waals surface area contributed by atoms with E-state index in [-0.39, 0.29) is 0 Å². The minimum Gasteiger partial charge on any atom is -0.493 e. The van der Waals surface area contributed by atoms with E-state index in [1.807, 2.05) is 55.5 Å². The van der Waals surface area contributed by atoms with E-state index < -0.39 is 17.7 Å². The van der Waals surface area contributed by atoms with Crippen molar-refractivity contribution < 1.29 is 14.3 Å². The Bertz CT molecular complexity index is 1110. The van der Waals surface area contributed by atoms with Gasteiger partial charge in [0.2, 0.25) is 5.91 Å². The molecule has 0 spiro atoms. The van der Waals surface area contributed by atoms with Gasteiger partial charge in [0.1, 0.15) is 11.7 Å². The van der Waals surface area contributed by atoms with Crippen LogP contribution in [0.4, 0.5) is 5.69 Å². The number of para-hydroxylation sites is 1. The number of rotatable bonds is 8. The third-order valence-electron chi connectivity index (χ3n) is 4.68. The maximum atomic E-state index is 12.4. The summed E-state index contributed by atoms with van der Waals surface area (Å²) in [6.07, 6.45) is 2.44. The van der Waals surface area contributed by atoms with Crippen molar-refractivity contribution >= 4 is 50.4 Å². The van der Waals surface area contributed by atoms with Crippen LogP contribution in [0.5, 0.6) is 5.75 Å². The number of nitrogens with one attached hydrogen (secondary N) is 2. The number of carbonyl (C=O) groups excluding carboxylic acids is 2. The number of hydrogen-bond donors (Lipinski definition) is 2. The Labute approximate surface area is 189 Å². The van der Waals surface area contributed by atoms with Crippen LogP contribution in [0.15, 0.2) is 70.2 Å². The van der Waals surface area contributed by atoms with E-state index in [0.717, 1.165) is 27.2 Å². The minimum atomic E-state index is -0.924. The molecule has 0 saturated heterocycles. The molecule has 6 nitrogen and oxygen atoms in total. The molecule has 0 aliphatic rings. The van der Waals surface area contributed by atoms with Crippen molar-refractivity contribution in [3.63, 3.8) is 0 Å². The molecule has 0 aliphatic carbocycles. The Balaban J connectivity index is 1.72. The fourth-order valence-electron chi connectivity index (χ4n) is 2.93. The van der Waals surface area contributed by atoms with Gasteiger partial charge in [-0.05, 0) is 58.2 Å². The van der Waals surface area contributed by atoms with Gasteiger partial charge in [-0.2, -0.15) is 5.10 Å². The topological polar surface area (TPSA) is 79.8 Å². The highest BCUT2D eigenvalue weighted by molar-refractivity contribution is 9.10. The number of anilines is 1. The summed E-state index contributed by atoms with van der Waals surface area (Å²) in [6, 6.07) is 19.0. The average molecular weight is 482 g/mol. The Hall–Kier alpha value is -3.19. The predicted molar refractivity (Wildman–Crippen MR) is 127 cm³/mol. The normalized spacial score (nSPS) is 12.0. The molecule has 3 rings (SSSR count). The van der Waals surface area contributed by atoms with Crippen LogP contribution in [0.1, 0.15) is 25.8 Å². The number of carbonyl (C=O) groups is 2. The Morgan fingerprint density at radius 1 is 1.06 bits per heavy atom. The molecule has 0 fully saturated rings. The third kappa shape index (κ3) is 5.70. The summed E-state index contributed by atoms with van der Waals surface area (Å²) in [7, 11) is 0. The first kappa shape index (κ1) is 22.5. The second-order valence-corrected chi connectivity index (χ2v) is 7.83. The second kappa shape index (κ2) is 10.7. The van der Waals surface area contributed by atoms with E-state index in [2.05, 4.69) is 31.8 Å². The van der Waals surface area contributed by atoms with Gasteiger partial charge in [0.05, 0.1) is 18.5 Å². The van der Waals surface area contributed by atoms with Crippen LogP contribution in [0.2, 0.25) is 0 Å². The van der Waals surface area contributed by atoms with Crippen LogP contribution < -0.4 is 15.5 Å². The molecule has 0 saturated carbocycles. The van der Waals surface area contributed by atoms with E-state index in [1.165, 1.54) is 6.92 Å². The Morgan fingerprint density at radius 3 is 2.58 bits per heavy atom. The number of fused-ring (bicyclic) bond motifs is 1. The Morgan fingerprint density at radius 2 is 1.81 bits per heavy atom. The molecule has 2 amide bonds. The van der Waals surface area contributed by atoms with Crippen LogP contribution in [0.25, 0.3) is 10.8 Å². The summed E-state index contributed by atoms with van der Waals surface area (Å²) in [6.45, 7) is 4.15. The van der Waals surface area contributed by atoms with Gasteiger partial charge >= 0.3 is 0 Å². The zero-order valence-corrected chi connectivity index (χ0v) is 19.0. The molecule has 3 aromatic rings. The largest absolute Gasteiger partial charge is 0.493 e. The van der Waals surface area contributed by atoms with Gasteiger partial charge in [-0.15, -0.1) is 0 Å². The lowest BCUT2D eigenvalue weighted by molar-refractivity contribution is -0.131. The average Bonchev–Trinajstić information content (AvgIpc) is 2.79. The fraction of sp³-hybridized carbons (Fsp3) is 0.208. The summed E-state index contributed by atoms with van der Waals surface area (Å²) in [4.78, 5) is 24.9. The highest BCUT2D eigenvalue weighted by Crippen LogP contribution is 2.27. The fourth-order valence-corrected chi connectivity index (χ4v) is 3.31. The SMILES string of the molecule is CCCOc1ccc2ccccc2c1C=NNC(=O)C(C)C(=O)Nc1ccccc1Br. The first-order valence-electron chi connectivity index (χ1n) is 10.0. The van der Waals surface area contributed by atoms with Gasteiger partial charge in [0, 0.05) is 10.0 Å². The van der Waals surface area contributed by atoms with Crippen LogP contribution in [-0.2, 0) is 9.59 Å². The monoisotopic (exact) mass is 481 g/mol. The summed E-state index contributed by atoms with van der Waals surface area (Å²) >= 11 is 3.37. The number of ether oxygens (including phenoxy) is 1. The maximum Gasteiger partial charge on any atom is 0.252 e. The van der Waals surface area contributed by atoms with Crippen LogP contribution in [0, 0.1) is 5.92 Å². The number of amides is 2. The van der Waals surface area contributed by atoms with Crippen molar-refractivity contribution in [2.75, 3.05) is 11.9 Å². The lowest BCUT2D eigenvalue weighted by Gasteiger charge is -2.12. The summed E-state index contributed by atoms with van der Waals surface area (Å²) in [5, 5.41) is 8.84. The third-order valence-corrected chi connectivity index (χ3v) is 5.37. The quantitative estimate of drug-likeness (QED) is 0.266. The van der Waals surface area contributed by atoms with Crippen molar-refractivity contribution in [3.8, 4) is 5.75 Å². The lowest BCUT2D eigenvalue weighted by atomic mass is 10.0. The number of halogens is 1. The number of nitrogens with zero attached hydrogens (tertiary/aromatic N) is 1. The molecule has 160 valence electrons. The first-order valence-corrected chi connectivity index (χ1v) is 10.8. The molecule has 0 bridgehead atoms. The van der Waals surface area contributed by atoms with E-state index >= 15 is 0 Å². The lowest BCUT2D eigenvalue weighted by Crippen LogP contribution is -2.34. The minimum absolute atomic E-state index is 0.420. The van der Waals surface area contributed by atoms with Gasteiger partial charge in [-0.25, -0.2) is 5.43 Å². The van der Waals surface area contributed by atoms with Crippen LogP contribution in [0.3, 0.4) is 0 Å². The van der Waals surface area contributed by atoms with Crippen LogP contribution in [-0.4, -0.2) is 24.6 Å². The number of benzene rings is 3. The molecule has 3 aromatic carbocycles. The van der Waals surface area contributed by atoms with Gasteiger partial charge in [0.15, 0.2) is 0 Å². The van der Waals surface area contributed by atoms with Gasteiger partial charge in [-0.1, -0.05) is 49.4 Å². The van der Waals surface area contributed by atoms with E-state index in [4.69, 9.17) is 4.74 Å². The Kier molecular flexibility index (Phi) is 7.78. The molecular formula is C24H24BrN3O3. The van der Waals surface area contributed by atoms with Crippen molar-refractivity contribution in [1.29, 1.82) is 0 Å². The molecule has 7 heteroatoms. The maximum absolute atomic E-state index is 12.4. The summed E-state index contributed by atoms with van der Waals surface area (Å²) < 4.78 is 6.58. The van der Waals surface area contributed by atoms with E-state index in [0.29, 0.717) is 18.0 Å². The van der Waals surface area contributed by atoms with Gasteiger partial charge in [-0.3, -0.25) is 9.59 Å². The number of hydrogen-bond acceptors (Lipinski definition) is 4. The van der Waals surface area contributed by atoms with Crippen molar-refractivity contribution in [1.82, 2.24) is 5.43 Å². The van der Waals surface area contributed by atoms with Gasteiger partial charge in [0.25, 0.3) is 5.91 Å². The molecule has 0 radical (unpaired) electrons. The van der Waals surface area contributed by atoms with Crippen molar-refractivity contribution in [3.05, 3.63) is 70.7 Å². The molecule has 0 aromatic heterocycles. The zero-order valence-electron chi connectivity index (χ0n) is 17.4.